The van der Waals surface area contributed by atoms with Gasteiger partial charge in [-0.25, -0.2) is 0 Å². The molecule has 152 valence electrons. The van der Waals surface area contributed by atoms with E-state index in [1.165, 1.54) is 0 Å². The van der Waals surface area contributed by atoms with Crippen LogP contribution >= 0.6 is 11.3 Å². The van der Waals surface area contributed by atoms with Gasteiger partial charge in [-0.15, -0.1) is 0 Å². The molecule has 0 unspecified atom stereocenters. The Morgan fingerprint density at radius 3 is 2.64 bits per heavy atom. The molecule has 0 atom stereocenters. The lowest BCUT2D eigenvalue weighted by Crippen LogP contribution is -2.52. The van der Waals surface area contributed by atoms with Crippen LogP contribution in [0.4, 0.5) is 0 Å². The molecule has 1 aliphatic heterocycles. The highest BCUT2D eigenvalue weighted by atomic mass is 32.1. The summed E-state index contributed by atoms with van der Waals surface area (Å²) < 4.78 is 5.25. The Hall–Kier alpha value is -2.26. The van der Waals surface area contributed by atoms with Crippen molar-refractivity contribution in [3.63, 3.8) is 0 Å². The Balaban J connectivity index is 1.40. The van der Waals surface area contributed by atoms with E-state index in [0.717, 1.165) is 5.56 Å². The van der Waals surface area contributed by atoms with Crippen LogP contribution < -0.4 is 5.32 Å². The van der Waals surface area contributed by atoms with E-state index in [1.54, 1.807) is 11.3 Å². The van der Waals surface area contributed by atoms with Crippen molar-refractivity contribution in [3.8, 4) is 11.4 Å². The zero-order valence-corrected chi connectivity index (χ0v) is 17.4. The van der Waals surface area contributed by atoms with Gasteiger partial charge in [0.1, 0.15) is 0 Å². The van der Waals surface area contributed by atoms with Crippen molar-refractivity contribution in [1.29, 1.82) is 0 Å². The number of carbonyl (C=O) groups is 2. The normalized spacial score (nSPS) is 15.6. The van der Waals surface area contributed by atoms with Gasteiger partial charge in [-0.1, -0.05) is 5.16 Å². The quantitative estimate of drug-likeness (QED) is 0.788. The molecule has 0 saturated carbocycles. The summed E-state index contributed by atoms with van der Waals surface area (Å²) in [5.41, 5.74) is 0.699. The van der Waals surface area contributed by atoms with Crippen molar-refractivity contribution in [2.75, 3.05) is 32.7 Å². The van der Waals surface area contributed by atoms with Gasteiger partial charge in [0.2, 0.25) is 23.5 Å². The highest BCUT2D eigenvalue weighted by Crippen LogP contribution is 2.19. The smallest absolute Gasteiger partial charge is 0.234 e. The lowest BCUT2D eigenvalue weighted by atomic mass is 10.1. The average Bonchev–Trinajstić information content (AvgIpc) is 3.30. The molecule has 0 bridgehead atoms. The lowest BCUT2D eigenvalue weighted by molar-refractivity contribution is -0.133. The van der Waals surface area contributed by atoms with Crippen LogP contribution in [-0.4, -0.2) is 70.0 Å². The van der Waals surface area contributed by atoms with E-state index < -0.39 is 0 Å². The number of hydrogen-bond acceptors (Lipinski definition) is 7. The number of piperazine rings is 1. The molecule has 2 aromatic heterocycles. The van der Waals surface area contributed by atoms with Gasteiger partial charge < -0.3 is 14.7 Å². The largest absolute Gasteiger partial charge is 0.350 e. The van der Waals surface area contributed by atoms with Crippen LogP contribution in [0, 0.1) is 0 Å². The third-order valence-corrected chi connectivity index (χ3v) is 5.09. The third-order valence-electron chi connectivity index (χ3n) is 4.41. The predicted molar refractivity (Wildman–Crippen MR) is 107 cm³/mol. The summed E-state index contributed by atoms with van der Waals surface area (Å²) >= 11 is 1.58. The number of carbonyl (C=O) groups excluding carboxylic acids is 2. The summed E-state index contributed by atoms with van der Waals surface area (Å²) in [5.74, 6) is 1.14. The van der Waals surface area contributed by atoms with E-state index >= 15 is 0 Å². The molecule has 0 aromatic carbocycles. The second kappa shape index (κ2) is 8.83. The molecule has 8 nitrogen and oxygen atoms in total. The van der Waals surface area contributed by atoms with Gasteiger partial charge in [0.15, 0.2) is 0 Å². The van der Waals surface area contributed by atoms with Gasteiger partial charge >= 0.3 is 0 Å². The van der Waals surface area contributed by atoms with Crippen molar-refractivity contribution >= 4 is 23.2 Å². The summed E-state index contributed by atoms with van der Waals surface area (Å²) in [6.07, 6.45) is 0.778. The summed E-state index contributed by atoms with van der Waals surface area (Å²) in [7, 11) is 0. The van der Waals surface area contributed by atoms with Gasteiger partial charge in [-0.3, -0.25) is 14.5 Å². The molecule has 1 aliphatic rings. The summed E-state index contributed by atoms with van der Waals surface area (Å²) in [4.78, 5) is 32.8. The van der Waals surface area contributed by atoms with E-state index in [2.05, 4.69) is 20.4 Å². The van der Waals surface area contributed by atoms with Crippen LogP contribution in [0.2, 0.25) is 0 Å². The molecular weight excluding hydrogens is 378 g/mol. The molecule has 3 heterocycles. The first-order chi connectivity index (χ1) is 13.3. The van der Waals surface area contributed by atoms with Crippen molar-refractivity contribution < 1.29 is 14.1 Å². The maximum Gasteiger partial charge on any atom is 0.234 e. The van der Waals surface area contributed by atoms with Crippen LogP contribution in [0.1, 0.15) is 33.1 Å². The zero-order chi connectivity index (χ0) is 20.1. The molecule has 0 spiro atoms. The van der Waals surface area contributed by atoms with E-state index in [9.17, 15) is 9.59 Å². The first-order valence-corrected chi connectivity index (χ1v) is 10.4. The van der Waals surface area contributed by atoms with Gasteiger partial charge in [-0.2, -0.15) is 16.3 Å². The molecule has 28 heavy (non-hydrogen) atoms. The monoisotopic (exact) mass is 405 g/mol. The van der Waals surface area contributed by atoms with Crippen LogP contribution in [0.15, 0.2) is 21.3 Å². The third kappa shape index (κ3) is 5.87. The molecule has 9 heteroatoms. The fourth-order valence-corrected chi connectivity index (χ4v) is 3.69. The fraction of sp³-hybridized carbons (Fsp3) is 0.579. The average molecular weight is 406 g/mol. The number of nitrogens with one attached hydrogen (secondary N) is 1. The molecule has 0 radical (unpaired) electrons. The first kappa shape index (κ1) is 20.5. The second-order valence-electron chi connectivity index (χ2n) is 7.98. The maximum atomic E-state index is 12.5. The minimum absolute atomic E-state index is 0.0186. The Bertz CT molecular complexity index is 789. The number of aromatic nitrogens is 2. The summed E-state index contributed by atoms with van der Waals surface area (Å²) in [6, 6.07) is 1.94. The summed E-state index contributed by atoms with van der Waals surface area (Å²) in [5, 5.41) is 10.8. The van der Waals surface area contributed by atoms with Crippen molar-refractivity contribution in [2.45, 2.75) is 39.2 Å². The van der Waals surface area contributed by atoms with Crippen molar-refractivity contribution in [1.82, 2.24) is 25.3 Å². The molecular formula is C19H27N5O3S. The molecule has 1 saturated heterocycles. The van der Waals surface area contributed by atoms with Gasteiger partial charge in [-0.05, 0) is 32.2 Å². The molecule has 2 aromatic rings. The maximum absolute atomic E-state index is 12.5. The van der Waals surface area contributed by atoms with Gasteiger partial charge in [0, 0.05) is 55.5 Å². The number of amides is 2. The number of rotatable bonds is 6. The van der Waals surface area contributed by atoms with E-state index in [4.69, 9.17) is 4.52 Å². The van der Waals surface area contributed by atoms with E-state index in [0.29, 0.717) is 57.3 Å². The molecule has 0 aliphatic carbocycles. The van der Waals surface area contributed by atoms with Crippen LogP contribution in [-0.2, 0) is 16.0 Å². The Morgan fingerprint density at radius 2 is 2.00 bits per heavy atom. The number of aryl methyl sites for hydroxylation is 1. The molecule has 3 rings (SSSR count). The topological polar surface area (TPSA) is 91.6 Å². The van der Waals surface area contributed by atoms with Crippen molar-refractivity contribution in [2.24, 2.45) is 0 Å². The highest BCUT2D eigenvalue weighted by Gasteiger charge is 2.24. The Labute approximate surface area is 168 Å². The van der Waals surface area contributed by atoms with Crippen molar-refractivity contribution in [3.05, 3.63) is 22.7 Å². The second-order valence-corrected chi connectivity index (χ2v) is 8.76. The zero-order valence-electron chi connectivity index (χ0n) is 16.6. The number of thiophene rings is 1. The predicted octanol–water partition coefficient (Wildman–Crippen LogP) is 1.79. The standard InChI is InChI=1S/C19H27N5O3S/c1-19(2,3)21-15(25)12-23-7-9-24(10-8-23)17(26)5-4-16-20-18(22-27-16)14-6-11-28-13-14/h6,11,13H,4-5,7-10,12H2,1-3H3,(H,21,25). The van der Waals surface area contributed by atoms with E-state index in [-0.39, 0.29) is 17.4 Å². The Morgan fingerprint density at radius 1 is 1.25 bits per heavy atom. The minimum atomic E-state index is -0.229. The SMILES string of the molecule is CC(C)(C)NC(=O)CN1CCN(C(=O)CCc2nc(-c3ccsc3)no2)CC1. The molecule has 1 N–H and O–H groups in total. The van der Waals surface area contributed by atoms with Crippen LogP contribution in [0.5, 0.6) is 0 Å². The molecule has 2 amide bonds. The van der Waals surface area contributed by atoms with Gasteiger partial charge in [0.25, 0.3) is 0 Å². The van der Waals surface area contributed by atoms with Crippen LogP contribution in [0.3, 0.4) is 0 Å². The number of hydrogen-bond donors (Lipinski definition) is 1. The minimum Gasteiger partial charge on any atom is -0.350 e. The first-order valence-electron chi connectivity index (χ1n) is 9.46. The molecule has 1 fully saturated rings. The lowest BCUT2D eigenvalue weighted by Gasteiger charge is -2.35. The fourth-order valence-electron chi connectivity index (χ4n) is 3.05. The Kier molecular flexibility index (Phi) is 6.46. The van der Waals surface area contributed by atoms with E-state index in [1.807, 2.05) is 42.5 Å². The number of nitrogens with zero attached hydrogens (tertiary/aromatic N) is 4. The van der Waals surface area contributed by atoms with Gasteiger partial charge in [0.05, 0.1) is 6.54 Å². The van der Waals surface area contributed by atoms with Crippen LogP contribution in [0.25, 0.3) is 11.4 Å². The summed E-state index contributed by atoms with van der Waals surface area (Å²) in [6.45, 7) is 8.93. The highest BCUT2D eigenvalue weighted by molar-refractivity contribution is 7.08.